The number of benzene rings is 2. The quantitative estimate of drug-likeness (QED) is 0.623. The summed E-state index contributed by atoms with van der Waals surface area (Å²) in [6.07, 6.45) is 1.89. The summed E-state index contributed by atoms with van der Waals surface area (Å²) in [6.45, 7) is 15.0. The fourth-order valence-corrected chi connectivity index (χ4v) is 3.36. The van der Waals surface area contributed by atoms with Crippen molar-refractivity contribution in [1.82, 2.24) is 14.9 Å². The molecule has 0 saturated carbocycles. The second-order valence-corrected chi connectivity index (χ2v) is 7.05. The Labute approximate surface area is 167 Å². The monoisotopic (exact) mass is 376 g/mol. The van der Waals surface area contributed by atoms with Crippen LogP contribution in [-0.4, -0.2) is 23.7 Å². The average molecular weight is 377 g/mol. The molecular weight excluding hydrogens is 348 g/mol. The van der Waals surface area contributed by atoms with Crippen LogP contribution in [0.25, 0.3) is 16.7 Å². The van der Waals surface area contributed by atoms with Crippen molar-refractivity contribution in [2.45, 2.75) is 26.8 Å². The van der Waals surface area contributed by atoms with Crippen molar-refractivity contribution in [2.75, 3.05) is 19.1 Å². The van der Waals surface area contributed by atoms with Crippen LogP contribution in [-0.2, 0) is 0 Å². The van der Waals surface area contributed by atoms with E-state index in [9.17, 15) is 0 Å². The molecule has 0 unspecified atom stereocenters. The molecule has 28 heavy (non-hydrogen) atoms. The normalized spacial score (nSPS) is 10.9. The summed E-state index contributed by atoms with van der Waals surface area (Å²) in [4.78, 5) is 6.71. The third-order valence-electron chi connectivity index (χ3n) is 4.96. The number of nitrogens with zero attached hydrogens (tertiary/aromatic N) is 3. The van der Waals surface area contributed by atoms with E-state index in [1.807, 2.05) is 48.6 Å². The van der Waals surface area contributed by atoms with Crippen molar-refractivity contribution < 1.29 is 4.74 Å². The first-order valence-electron chi connectivity index (χ1n) is 9.35. The van der Waals surface area contributed by atoms with E-state index < -0.39 is 0 Å². The molecule has 0 bridgehead atoms. The lowest BCUT2D eigenvalue weighted by molar-refractivity contribution is 0.414. The third-order valence-corrected chi connectivity index (χ3v) is 4.96. The molecule has 5 heteroatoms. The van der Waals surface area contributed by atoms with E-state index in [0.717, 1.165) is 45.1 Å². The maximum atomic E-state index is 5.42. The average Bonchev–Trinajstić information content (AvgIpc) is 3.13. The molecule has 2 aromatic carbocycles. The van der Waals surface area contributed by atoms with Crippen LogP contribution in [0, 0.1) is 6.92 Å². The van der Waals surface area contributed by atoms with Crippen LogP contribution in [0.2, 0.25) is 0 Å². The molecule has 0 spiro atoms. The second-order valence-electron chi connectivity index (χ2n) is 7.05. The van der Waals surface area contributed by atoms with E-state index in [1.165, 1.54) is 0 Å². The summed E-state index contributed by atoms with van der Waals surface area (Å²) in [5, 5.41) is 3.16. The molecule has 0 saturated heterocycles. The minimum atomic E-state index is 0.324. The van der Waals surface area contributed by atoms with E-state index in [4.69, 9.17) is 9.72 Å². The molecule has 1 N–H and O–H groups in total. The Morgan fingerprint density at radius 3 is 2.61 bits per heavy atom. The lowest BCUT2D eigenvalue weighted by Crippen LogP contribution is -2.28. The van der Waals surface area contributed by atoms with Gasteiger partial charge >= 0.3 is 0 Å². The SMILES string of the molecule is C=C(NC)N(C(=C)c1cc(OC)ccc1C)c1cccc2c1ncn2C(C)C. The highest BCUT2D eigenvalue weighted by molar-refractivity contribution is 5.96. The number of rotatable bonds is 7. The van der Waals surface area contributed by atoms with Gasteiger partial charge in [-0.2, -0.15) is 0 Å². The first kappa shape index (κ1) is 19.5. The number of hydrogen-bond donors (Lipinski definition) is 1. The van der Waals surface area contributed by atoms with Gasteiger partial charge in [-0.05, 0) is 50.6 Å². The zero-order chi connectivity index (χ0) is 20.4. The molecule has 0 amide bonds. The number of aryl methyl sites for hydroxylation is 1. The minimum absolute atomic E-state index is 0.324. The second kappa shape index (κ2) is 7.80. The van der Waals surface area contributed by atoms with Crippen LogP contribution < -0.4 is 15.0 Å². The van der Waals surface area contributed by atoms with Crippen LogP contribution in [0.1, 0.15) is 31.0 Å². The van der Waals surface area contributed by atoms with Gasteiger partial charge in [0.1, 0.15) is 17.1 Å². The number of fused-ring (bicyclic) bond motifs is 1. The molecule has 0 aliphatic carbocycles. The molecule has 0 aliphatic rings. The molecular formula is C23H28N4O. The number of methoxy groups -OCH3 is 1. The van der Waals surface area contributed by atoms with E-state index in [0.29, 0.717) is 6.04 Å². The molecule has 1 heterocycles. The van der Waals surface area contributed by atoms with Crippen LogP contribution in [0.4, 0.5) is 5.69 Å². The van der Waals surface area contributed by atoms with Gasteiger partial charge in [0.05, 0.1) is 24.6 Å². The Kier molecular flexibility index (Phi) is 5.45. The van der Waals surface area contributed by atoms with E-state index in [2.05, 4.69) is 49.9 Å². The first-order chi connectivity index (χ1) is 13.4. The third kappa shape index (κ3) is 3.36. The molecule has 1 aromatic heterocycles. The van der Waals surface area contributed by atoms with Crippen molar-refractivity contribution in [3.8, 4) is 5.75 Å². The molecule has 0 radical (unpaired) electrons. The number of hydrogen-bond acceptors (Lipinski definition) is 4. The predicted octanol–water partition coefficient (Wildman–Crippen LogP) is 5.10. The molecule has 5 nitrogen and oxygen atoms in total. The summed E-state index contributed by atoms with van der Waals surface area (Å²) >= 11 is 0. The van der Waals surface area contributed by atoms with E-state index in [1.54, 1.807) is 7.11 Å². The Bertz CT molecular complexity index is 1030. The summed E-state index contributed by atoms with van der Waals surface area (Å²) in [5.41, 5.74) is 5.84. The van der Waals surface area contributed by atoms with Gasteiger partial charge in [0.2, 0.25) is 0 Å². The number of aromatic nitrogens is 2. The van der Waals surface area contributed by atoms with Gasteiger partial charge in [0, 0.05) is 24.4 Å². The highest BCUT2D eigenvalue weighted by atomic mass is 16.5. The number of anilines is 1. The summed E-state index contributed by atoms with van der Waals surface area (Å²) in [5.74, 6) is 1.51. The lowest BCUT2D eigenvalue weighted by atomic mass is 10.0. The molecule has 146 valence electrons. The van der Waals surface area contributed by atoms with Crippen molar-refractivity contribution in [2.24, 2.45) is 0 Å². The van der Waals surface area contributed by atoms with Gasteiger partial charge in [0.25, 0.3) is 0 Å². The Morgan fingerprint density at radius 2 is 1.96 bits per heavy atom. The number of imidazole rings is 1. The lowest BCUT2D eigenvalue weighted by Gasteiger charge is -2.29. The summed E-state index contributed by atoms with van der Waals surface area (Å²) in [6, 6.07) is 12.5. The highest BCUT2D eigenvalue weighted by Gasteiger charge is 2.21. The van der Waals surface area contributed by atoms with Crippen molar-refractivity contribution in [3.63, 3.8) is 0 Å². The largest absolute Gasteiger partial charge is 0.497 e. The fraction of sp³-hybridized carbons (Fsp3) is 0.261. The fourth-order valence-electron chi connectivity index (χ4n) is 3.36. The number of para-hydroxylation sites is 1. The standard InChI is InChI=1S/C23H28N4O/c1-15(2)26-14-25-23-21(26)9-8-10-22(23)27(18(5)24-6)17(4)20-13-19(28-7)12-11-16(20)3/h8-15,24H,4-5H2,1-3,6-7H3. The van der Waals surface area contributed by atoms with Gasteiger partial charge in [-0.15, -0.1) is 0 Å². The summed E-state index contributed by atoms with van der Waals surface area (Å²) in [7, 11) is 3.52. The minimum Gasteiger partial charge on any atom is -0.497 e. The topological polar surface area (TPSA) is 42.3 Å². The molecule has 0 aliphatic heterocycles. The molecule has 3 aromatic rings. The van der Waals surface area contributed by atoms with E-state index >= 15 is 0 Å². The maximum Gasteiger partial charge on any atom is 0.119 e. The van der Waals surface area contributed by atoms with E-state index in [-0.39, 0.29) is 0 Å². The van der Waals surface area contributed by atoms with Crippen LogP contribution in [0.15, 0.2) is 61.7 Å². The Hall–Kier alpha value is -3.21. The van der Waals surface area contributed by atoms with Gasteiger partial charge < -0.3 is 14.6 Å². The number of ether oxygens (including phenoxy) is 1. The van der Waals surface area contributed by atoms with Crippen molar-refractivity contribution in [3.05, 3.63) is 72.8 Å². The van der Waals surface area contributed by atoms with Gasteiger partial charge in [-0.25, -0.2) is 4.98 Å². The molecule has 0 atom stereocenters. The van der Waals surface area contributed by atoms with Gasteiger partial charge in [-0.3, -0.25) is 4.90 Å². The first-order valence-corrected chi connectivity index (χ1v) is 9.35. The van der Waals surface area contributed by atoms with Crippen molar-refractivity contribution >= 4 is 22.4 Å². The van der Waals surface area contributed by atoms with Gasteiger partial charge in [0.15, 0.2) is 0 Å². The number of nitrogens with one attached hydrogen (secondary N) is 1. The smallest absolute Gasteiger partial charge is 0.119 e. The maximum absolute atomic E-state index is 5.42. The summed E-state index contributed by atoms with van der Waals surface area (Å²) < 4.78 is 7.58. The van der Waals surface area contributed by atoms with Crippen LogP contribution in [0.3, 0.4) is 0 Å². The van der Waals surface area contributed by atoms with Gasteiger partial charge in [-0.1, -0.05) is 25.3 Å². The zero-order valence-electron chi connectivity index (χ0n) is 17.3. The Morgan fingerprint density at radius 1 is 1.21 bits per heavy atom. The van der Waals surface area contributed by atoms with Crippen LogP contribution >= 0.6 is 0 Å². The van der Waals surface area contributed by atoms with Crippen molar-refractivity contribution in [1.29, 1.82) is 0 Å². The van der Waals surface area contributed by atoms with Crippen LogP contribution in [0.5, 0.6) is 5.75 Å². The Balaban J connectivity index is 2.18. The zero-order valence-corrected chi connectivity index (χ0v) is 17.3. The predicted molar refractivity (Wildman–Crippen MR) is 118 cm³/mol. The highest BCUT2D eigenvalue weighted by Crippen LogP contribution is 2.35. The molecule has 3 rings (SSSR count). The molecule has 0 fully saturated rings.